The molecule has 1 nitrogen and oxygen atoms in total. The number of rotatable bonds is 1. The maximum atomic E-state index is 5.97. The summed E-state index contributed by atoms with van der Waals surface area (Å²) >= 11 is 7.90. The van der Waals surface area contributed by atoms with Crippen molar-refractivity contribution in [1.29, 1.82) is 0 Å². The van der Waals surface area contributed by atoms with Crippen LogP contribution in [0.4, 0.5) is 5.69 Å². The molecule has 0 spiro atoms. The zero-order valence-corrected chi connectivity index (χ0v) is 12.9. The molecule has 1 N–H and O–H groups in total. The van der Waals surface area contributed by atoms with E-state index in [4.69, 9.17) is 11.6 Å². The molecule has 1 aliphatic rings. The van der Waals surface area contributed by atoms with Crippen LogP contribution < -0.4 is 5.32 Å². The first-order valence-electron chi connectivity index (χ1n) is 6.99. The fourth-order valence-electron chi connectivity index (χ4n) is 2.79. The van der Waals surface area contributed by atoms with Crippen molar-refractivity contribution in [2.75, 3.05) is 11.9 Å². The Kier molecular flexibility index (Phi) is 3.28. The minimum Gasteiger partial charge on any atom is -0.382 e. The van der Waals surface area contributed by atoms with Gasteiger partial charge in [0.05, 0.1) is 10.9 Å². The van der Waals surface area contributed by atoms with Gasteiger partial charge in [0.25, 0.3) is 0 Å². The molecule has 0 unspecified atom stereocenters. The molecule has 0 saturated heterocycles. The molecule has 0 saturated carbocycles. The van der Waals surface area contributed by atoms with Crippen molar-refractivity contribution in [2.24, 2.45) is 0 Å². The van der Waals surface area contributed by atoms with Gasteiger partial charge in [-0.25, -0.2) is 0 Å². The van der Waals surface area contributed by atoms with Gasteiger partial charge in [-0.3, -0.25) is 0 Å². The summed E-state index contributed by atoms with van der Waals surface area (Å²) in [5.74, 6) is 0. The highest BCUT2D eigenvalue weighted by Gasteiger charge is 2.21. The van der Waals surface area contributed by atoms with Crippen molar-refractivity contribution >= 4 is 39.8 Å². The molecule has 3 aromatic rings. The molecule has 1 atom stereocenters. The quantitative estimate of drug-likeness (QED) is 0.614. The second-order valence-electron chi connectivity index (χ2n) is 5.20. The molecule has 1 heterocycles. The van der Waals surface area contributed by atoms with E-state index in [1.54, 1.807) is 0 Å². The predicted molar refractivity (Wildman–Crippen MR) is 92.5 cm³/mol. The van der Waals surface area contributed by atoms with Crippen LogP contribution in [0.5, 0.6) is 0 Å². The van der Waals surface area contributed by atoms with E-state index in [2.05, 4.69) is 53.8 Å². The number of fused-ring (bicyclic) bond motifs is 3. The van der Waals surface area contributed by atoms with E-state index < -0.39 is 0 Å². The molecule has 3 heteroatoms. The Bertz CT molecular complexity index is 798. The highest BCUT2D eigenvalue weighted by Crippen LogP contribution is 2.45. The van der Waals surface area contributed by atoms with Gasteiger partial charge in [-0.1, -0.05) is 54.1 Å². The maximum Gasteiger partial charge on any atom is 0.0558 e. The molecule has 21 heavy (non-hydrogen) atoms. The topological polar surface area (TPSA) is 12.0 Å². The summed E-state index contributed by atoms with van der Waals surface area (Å²) in [5.41, 5.74) is 2.58. The van der Waals surface area contributed by atoms with E-state index in [-0.39, 0.29) is 0 Å². The third-order valence-electron chi connectivity index (χ3n) is 3.87. The second-order valence-corrected chi connectivity index (χ2v) is 6.88. The second kappa shape index (κ2) is 5.28. The lowest BCUT2D eigenvalue weighted by molar-refractivity contribution is 0.968. The average molecular weight is 312 g/mol. The van der Waals surface area contributed by atoms with Crippen LogP contribution >= 0.6 is 23.4 Å². The molecule has 0 fully saturated rings. The van der Waals surface area contributed by atoms with Gasteiger partial charge in [-0.2, -0.15) is 0 Å². The van der Waals surface area contributed by atoms with Crippen molar-refractivity contribution < 1.29 is 0 Å². The number of halogens is 1. The van der Waals surface area contributed by atoms with Crippen LogP contribution in [0.2, 0.25) is 5.02 Å². The zero-order valence-electron chi connectivity index (χ0n) is 11.3. The van der Waals surface area contributed by atoms with Crippen molar-refractivity contribution in [3.05, 3.63) is 71.2 Å². The summed E-state index contributed by atoms with van der Waals surface area (Å²) in [5, 5.41) is 7.42. The smallest absolute Gasteiger partial charge is 0.0558 e. The van der Waals surface area contributed by atoms with Gasteiger partial charge in [-0.05, 0) is 29.1 Å². The molecular formula is C18H14ClNS. The van der Waals surface area contributed by atoms with Gasteiger partial charge in [-0.15, -0.1) is 11.8 Å². The molecule has 104 valence electrons. The Balaban J connectivity index is 1.72. The molecule has 0 bridgehead atoms. The molecule has 0 aromatic heterocycles. The molecular weight excluding hydrogens is 298 g/mol. The third kappa shape index (κ3) is 2.39. The first-order valence-corrected chi connectivity index (χ1v) is 8.25. The molecule has 4 rings (SSSR count). The van der Waals surface area contributed by atoms with E-state index in [0.29, 0.717) is 5.25 Å². The zero-order chi connectivity index (χ0) is 14.2. The van der Waals surface area contributed by atoms with E-state index >= 15 is 0 Å². The molecule has 0 aliphatic carbocycles. The highest BCUT2D eigenvalue weighted by atomic mass is 35.5. The number of thioether (sulfide) groups is 1. The first kappa shape index (κ1) is 13.1. The lowest BCUT2D eigenvalue weighted by atomic mass is 10.1. The van der Waals surface area contributed by atoms with Crippen LogP contribution in [0.25, 0.3) is 10.8 Å². The van der Waals surface area contributed by atoms with Crippen LogP contribution in [-0.4, -0.2) is 6.54 Å². The number of nitrogens with one attached hydrogen (secondary N) is 1. The van der Waals surface area contributed by atoms with Gasteiger partial charge in [0.1, 0.15) is 0 Å². The highest BCUT2D eigenvalue weighted by molar-refractivity contribution is 7.99. The number of anilines is 1. The van der Waals surface area contributed by atoms with E-state index in [9.17, 15) is 0 Å². The van der Waals surface area contributed by atoms with Crippen molar-refractivity contribution in [3.8, 4) is 0 Å². The largest absolute Gasteiger partial charge is 0.382 e. The van der Waals surface area contributed by atoms with Crippen molar-refractivity contribution in [1.82, 2.24) is 0 Å². The van der Waals surface area contributed by atoms with Crippen LogP contribution in [0.3, 0.4) is 0 Å². The standard InChI is InChI=1S/C18H14ClNS/c19-14-8-5-13(6-9-14)17-11-20-18-15-4-2-1-3-12(15)7-10-16(18)21-17/h1-10,17,20H,11H2/t17-/m0/s1. The van der Waals surface area contributed by atoms with E-state index in [0.717, 1.165) is 11.6 Å². The Morgan fingerprint density at radius 1 is 0.952 bits per heavy atom. The van der Waals surface area contributed by atoms with Gasteiger partial charge in [0, 0.05) is 21.8 Å². The summed E-state index contributed by atoms with van der Waals surface area (Å²) in [7, 11) is 0. The molecule has 3 aromatic carbocycles. The first-order chi connectivity index (χ1) is 10.3. The molecule has 0 amide bonds. The normalized spacial score (nSPS) is 17.3. The summed E-state index contributed by atoms with van der Waals surface area (Å²) in [6.07, 6.45) is 0. The summed E-state index contributed by atoms with van der Waals surface area (Å²) in [6, 6.07) is 21.1. The maximum absolute atomic E-state index is 5.97. The van der Waals surface area contributed by atoms with Crippen LogP contribution in [-0.2, 0) is 0 Å². The lowest BCUT2D eigenvalue weighted by Crippen LogP contribution is -2.15. The van der Waals surface area contributed by atoms with Crippen LogP contribution in [0.15, 0.2) is 65.6 Å². The van der Waals surface area contributed by atoms with Crippen molar-refractivity contribution in [2.45, 2.75) is 10.1 Å². The van der Waals surface area contributed by atoms with Crippen molar-refractivity contribution in [3.63, 3.8) is 0 Å². The predicted octanol–water partition coefficient (Wildman–Crippen LogP) is 5.75. The van der Waals surface area contributed by atoms with E-state index in [1.807, 2.05) is 23.9 Å². The van der Waals surface area contributed by atoms with Gasteiger partial charge >= 0.3 is 0 Å². The summed E-state index contributed by atoms with van der Waals surface area (Å²) in [4.78, 5) is 1.32. The Morgan fingerprint density at radius 2 is 1.76 bits per heavy atom. The molecule has 1 aliphatic heterocycles. The van der Waals surface area contributed by atoms with Crippen LogP contribution in [0.1, 0.15) is 10.8 Å². The number of hydrogen-bond donors (Lipinski definition) is 1. The number of hydrogen-bond acceptors (Lipinski definition) is 2. The fourth-order valence-corrected chi connectivity index (χ4v) is 4.12. The SMILES string of the molecule is Clc1ccc([C@@H]2CNc3c(ccc4ccccc34)S2)cc1. The Hall–Kier alpha value is -1.64. The van der Waals surface area contributed by atoms with Crippen LogP contribution in [0, 0.1) is 0 Å². The lowest BCUT2D eigenvalue weighted by Gasteiger charge is -2.27. The summed E-state index contributed by atoms with van der Waals surface area (Å²) < 4.78 is 0. The minimum absolute atomic E-state index is 0.427. The minimum atomic E-state index is 0.427. The summed E-state index contributed by atoms with van der Waals surface area (Å²) in [6.45, 7) is 0.938. The average Bonchev–Trinajstić information content (AvgIpc) is 2.55. The van der Waals surface area contributed by atoms with E-state index in [1.165, 1.54) is 26.9 Å². The molecule has 0 radical (unpaired) electrons. The third-order valence-corrected chi connectivity index (χ3v) is 5.44. The fraction of sp³-hybridized carbons (Fsp3) is 0.111. The van der Waals surface area contributed by atoms with Gasteiger partial charge in [0.2, 0.25) is 0 Å². The van der Waals surface area contributed by atoms with Gasteiger partial charge in [0.15, 0.2) is 0 Å². The number of benzene rings is 3. The van der Waals surface area contributed by atoms with Gasteiger partial charge < -0.3 is 5.32 Å². The monoisotopic (exact) mass is 311 g/mol. The Labute approximate surface area is 133 Å². The Morgan fingerprint density at radius 3 is 2.62 bits per heavy atom.